The van der Waals surface area contributed by atoms with Crippen molar-refractivity contribution in [3.63, 3.8) is 0 Å². The summed E-state index contributed by atoms with van der Waals surface area (Å²) in [4.78, 5) is 6.90. The predicted octanol–water partition coefficient (Wildman–Crippen LogP) is 2.98. The van der Waals surface area contributed by atoms with Crippen molar-refractivity contribution >= 4 is 5.96 Å². The maximum absolute atomic E-state index is 5.69. The van der Waals surface area contributed by atoms with Crippen LogP contribution in [0.1, 0.15) is 29.9 Å². The molecule has 0 radical (unpaired) electrons. The average Bonchev–Trinajstić information content (AvgIpc) is 3.35. The Morgan fingerprint density at radius 1 is 1.32 bits per heavy atom. The molecule has 3 rings (SSSR count). The highest BCUT2D eigenvalue weighted by molar-refractivity contribution is 5.79. The van der Waals surface area contributed by atoms with Crippen LogP contribution in [0.3, 0.4) is 0 Å². The number of nitrogens with one attached hydrogen (secondary N) is 1. The summed E-state index contributed by atoms with van der Waals surface area (Å²) in [5.41, 5.74) is 1.17. The molecule has 1 aliphatic rings. The van der Waals surface area contributed by atoms with Crippen LogP contribution in [0, 0.1) is 6.92 Å². The van der Waals surface area contributed by atoms with Gasteiger partial charge in [-0.1, -0.05) is 0 Å². The number of furan rings is 2. The summed E-state index contributed by atoms with van der Waals surface area (Å²) < 4.78 is 16.5. The molecule has 1 saturated heterocycles. The summed E-state index contributed by atoms with van der Waals surface area (Å²) in [7, 11) is 2.04. The molecule has 0 spiro atoms. The van der Waals surface area contributed by atoms with E-state index in [0.29, 0.717) is 6.54 Å². The molecular formula is C19H27N3O3. The number of guanidine groups is 1. The second kappa shape index (κ2) is 8.76. The van der Waals surface area contributed by atoms with Crippen LogP contribution in [0.5, 0.6) is 0 Å². The molecule has 1 aliphatic heterocycles. The van der Waals surface area contributed by atoms with Crippen LogP contribution in [0.2, 0.25) is 0 Å². The molecule has 3 heterocycles. The Kier molecular flexibility index (Phi) is 6.17. The van der Waals surface area contributed by atoms with E-state index in [1.165, 1.54) is 5.56 Å². The first-order valence-corrected chi connectivity index (χ1v) is 8.89. The lowest BCUT2D eigenvalue weighted by atomic mass is 10.2. The normalized spacial score (nSPS) is 17.8. The van der Waals surface area contributed by atoms with E-state index in [0.717, 1.165) is 56.4 Å². The first-order chi connectivity index (χ1) is 12.2. The Morgan fingerprint density at radius 3 is 2.92 bits per heavy atom. The van der Waals surface area contributed by atoms with Crippen LogP contribution in [0.15, 0.2) is 44.6 Å². The van der Waals surface area contributed by atoms with E-state index >= 15 is 0 Å². The summed E-state index contributed by atoms with van der Waals surface area (Å²) >= 11 is 0. The largest absolute Gasteiger partial charge is 0.469 e. The molecule has 0 amide bonds. The molecular weight excluding hydrogens is 318 g/mol. The molecule has 0 aliphatic carbocycles. The van der Waals surface area contributed by atoms with Gasteiger partial charge in [-0.15, -0.1) is 0 Å². The fourth-order valence-electron chi connectivity index (χ4n) is 2.95. The van der Waals surface area contributed by atoms with Gasteiger partial charge in [-0.05, 0) is 38.0 Å². The fourth-order valence-corrected chi connectivity index (χ4v) is 2.95. The molecule has 0 saturated carbocycles. The van der Waals surface area contributed by atoms with Crippen molar-refractivity contribution in [2.75, 3.05) is 26.7 Å². The summed E-state index contributed by atoms with van der Waals surface area (Å²) in [5, 5.41) is 3.44. The van der Waals surface area contributed by atoms with Crippen LogP contribution in [-0.4, -0.2) is 43.7 Å². The van der Waals surface area contributed by atoms with Crippen LogP contribution < -0.4 is 5.32 Å². The van der Waals surface area contributed by atoms with Crippen LogP contribution in [0.25, 0.3) is 0 Å². The van der Waals surface area contributed by atoms with Gasteiger partial charge in [-0.3, -0.25) is 4.99 Å². The van der Waals surface area contributed by atoms with Crippen molar-refractivity contribution in [2.45, 2.75) is 38.8 Å². The van der Waals surface area contributed by atoms with E-state index in [2.05, 4.69) is 10.2 Å². The van der Waals surface area contributed by atoms with E-state index in [1.54, 1.807) is 12.5 Å². The van der Waals surface area contributed by atoms with Gasteiger partial charge < -0.3 is 23.8 Å². The maximum Gasteiger partial charge on any atom is 0.194 e. The third-order valence-corrected chi connectivity index (χ3v) is 4.44. The molecule has 1 atom stereocenters. The monoisotopic (exact) mass is 345 g/mol. The van der Waals surface area contributed by atoms with Crippen molar-refractivity contribution in [1.82, 2.24) is 10.2 Å². The number of hydrogen-bond donors (Lipinski definition) is 1. The number of aliphatic imine (C=N–C) groups is 1. The van der Waals surface area contributed by atoms with E-state index in [1.807, 2.05) is 32.2 Å². The Morgan fingerprint density at radius 2 is 2.24 bits per heavy atom. The van der Waals surface area contributed by atoms with E-state index in [4.69, 9.17) is 18.6 Å². The maximum atomic E-state index is 5.69. The van der Waals surface area contributed by atoms with Gasteiger partial charge in [0, 0.05) is 38.7 Å². The molecule has 0 aromatic carbocycles. The average molecular weight is 345 g/mol. The number of hydrogen-bond acceptors (Lipinski definition) is 4. The molecule has 136 valence electrons. The third-order valence-electron chi connectivity index (χ3n) is 4.44. The zero-order valence-corrected chi connectivity index (χ0v) is 15.0. The van der Waals surface area contributed by atoms with Gasteiger partial charge in [-0.2, -0.15) is 0 Å². The molecule has 2 aromatic heterocycles. The summed E-state index contributed by atoms with van der Waals surface area (Å²) in [6, 6.07) is 5.91. The number of nitrogens with zero attached hydrogens (tertiary/aromatic N) is 2. The van der Waals surface area contributed by atoms with Crippen molar-refractivity contribution in [2.24, 2.45) is 4.99 Å². The molecule has 1 N–H and O–H groups in total. The van der Waals surface area contributed by atoms with Crippen molar-refractivity contribution in [3.05, 3.63) is 47.8 Å². The van der Waals surface area contributed by atoms with Crippen LogP contribution >= 0.6 is 0 Å². The van der Waals surface area contributed by atoms with Gasteiger partial charge in [-0.25, -0.2) is 0 Å². The van der Waals surface area contributed by atoms with E-state index in [9.17, 15) is 0 Å². The number of rotatable bonds is 7. The van der Waals surface area contributed by atoms with E-state index < -0.39 is 0 Å². The van der Waals surface area contributed by atoms with Crippen LogP contribution in [-0.2, 0) is 17.7 Å². The summed E-state index contributed by atoms with van der Waals surface area (Å²) in [6.45, 7) is 5.05. The Hall–Kier alpha value is -2.21. The fraction of sp³-hybridized carbons (Fsp3) is 0.526. The van der Waals surface area contributed by atoms with E-state index in [-0.39, 0.29) is 6.10 Å². The lowest BCUT2D eigenvalue weighted by molar-refractivity contribution is 0.117. The van der Waals surface area contributed by atoms with Gasteiger partial charge in [0.1, 0.15) is 11.5 Å². The minimum Gasteiger partial charge on any atom is -0.469 e. The number of ether oxygens (including phenoxy) is 1. The van der Waals surface area contributed by atoms with Gasteiger partial charge in [0.15, 0.2) is 5.96 Å². The first kappa shape index (κ1) is 17.6. The minimum absolute atomic E-state index is 0.242. The Bertz CT molecular complexity index is 657. The topological polar surface area (TPSA) is 63.1 Å². The molecule has 25 heavy (non-hydrogen) atoms. The third kappa shape index (κ3) is 5.13. The lowest BCUT2D eigenvalue weighted by Gasteiger charge is -2.23. The molecule has 1 unspecified atom stereocenters. The second-order valence-corrected chi connectivity index (χ2v) is 6.41. The predicted molar refractivity (Wildman–Crippen MR) is 96.6 cm³/mol. The minimum atomic E-state index is 0.242. The molecule has 6 nitrogen and oxygen atoms in total. The number of aryl methyl sites for hydroxylation is 1. The summed E-state index contributed by atoms with van der Waals surface area (Å²) in [5.74, 6) is 2.79. The molecule has 0 bridgehead atoms. The van der Waals surface area contributed by atoms with Crippen molar-refractivity contribution in [3.8, 4) is 0 Å². The highest BCUT2D eigenvalue weighted by Crippen LogP contribution is 2.13. The zero-order valence-electron chi connectivity index (χ0n) is 15.0. The molecule has 2 aromatic rings. The highest BCUT2D eigenvalue weighted by Gasteiger charge is 2.16. The lowest BCUT2D eigenvalue weighted by Crippen LogP contribution is -2.40. The molecule has 6 heteroatoms. The van der Waals surface area contributed by atoms with Gasteiger partial charge in [0.2, 0.25) is 0 Å². The van der Waals surface area contributed by atoms with Crippen molar-refractivity contribution in [1.29, 1.82) is 0 Å². The zero-order chi connectivity index (χ0) is 17.5. The Balaban J connectivity index is 1.59. The Labute approximate surface area is 148 Å². The van der Waals surface area contributed by atoms with Gasteiger partial charge in [0.25, 0.3) is 0 Å². The van der Waals surface area contributed by atoms with Gasteiger partial charge >= 0.3 is 0 Å². The smallest absolute Gasteiger partial charge is 0.194 e. The standard InChI is InChI=1S/C19H27N3O3/c1-15-16(8-12-23-15)14-22(2)19(21-13-18-6-4-11-25-18)20-9-7-17-5-3-10-24-17/h3,5,8,10,12,18H,4,6-7,9,11,13-14H2,1-2H3,(H,20,21). The second-order valence-electron chi connectivity index (χ2n) is 6.41. The molecule has 1 fully saturated rings. The quantitative estimate of drug-likeness (QED) is 0.617. The van der Waals surface area contributed by atoms with Crippen molar-refractivity contribution < 1.29 is 13.6 Å². The summed E-state index contributed by atoms with van der Waals surface area (Å²) in [6.07, 6.45) is 6.72. The SMILES string of the molecule is Cc1occc1CN(C)C(=NCC1CCCO1)NCCc1ccco1. The first-order valence-electron chi connectivity index (χ1n) is 8.89. The van der Waals surface area contributed by atoms with Crippen LogP contribution in [0.4, 0.5) is 0 Å². The van der Waals surface area contributed by atoms with Gasteiger partial charge in [0.05, 0.1) is 25.2 Å². The highest BCUT2D eigenvalue weighted by atomic mass is 16.5.